The summed E-state index contributed by atoms with van der Waals surface area (Å²) in [4.78, 5) is 19.7. The highest BCUT2D eigenvalue weighted by atomic mass is 16.1. The summed E-state index contributed by atoms with van der Waals surface area (Å²) in [5.74, 6) is 1.38. The summed E-state index contributed by atoms with van der Waals surface area (Å²) >= 11 is 0. The molecular weight excluding hydrogens is 104 g/mol. The van der Waals surface area contributed by atoms with E-state index in [1.807, 2.05) is 0 Å². The molecule has 44 valence electrons. The van der Waals surface area contributed by atoms with E-state index in [2.05, 4.69) is 0 Å². The smallest absolute Gasteiger partial charge is 0.127 e. The fourth-order valence-corrected chi connectivity index (χ4v) is 0.195. The Morgan fingerprint density at radius 2 is 2.25 bits per heavy atom. The average molecular weight is 112 g/mol. The van der Waals surface area contributed by atoms with Crippen LogP contribution in [0, 0.1) is 5.92 Å². The Kier molecular flexibility index (Phi) is 2.82. The molecule has 0 saturated carbocycles. The summed E-state index contributed by atoms with van der Waals surface area (Å²) in [6, 6.07) is 0. The van der Waals surface area contributed by atoms with Crippen LogP contribution in [-0.2, 0) is 9.59 Å². The molecule has 0 fully saturated rings. The molecule has 2 nitrogen and oxygen atoms in total. The van der Waals surface area contributed by atoms with E-state index in [0.717, 1.165) is 6.29 Å². The number of hydrogen-bond acceptors (Lipinski definition) is 2. The summed E-state index contributed by atoms with van der Waals surface area (Å²) in [6.45, 7) is 3.25. The minimum absolute atomic E-state index is 0.271. The highest BCUT2D eigenvalue weighted by Crippen LogP contribution is 1.99. The number of aldehydes is 1. The van der Waals surface area contributed by atoms with Gasteiger partial charge in [0, 0.05) is 11.5 Å². The summed E-state index contributed by atoms with van der Waals surface area (Å²) in [5.41, 5.74) is 0.458. The molecule has 0 saturated heterocycles. The van der Waals surface area contributed by atoms with Crippen LogP contribution in [0.3, 0.4) is 0 Å². The van der Waals surface area contributed by atoms with E-state index in [-0.39, 0.29) is 5.92 Å². The van der Waals surface area contributed by atoms with Gasteiger partial charge in [-0.1, -0.05) is 6.92 Å². The Hall–Kier alpha value is -0.880. The van der Waals surface area contributed by atoms with Gasteiger partial charge in [-0.15, -0.1) is 0 Å². The molecule has 0 amide bonds. The van der Waals surface area contributed by atoms with Crippen molar-refractivity contribution in [1.29, 1.82) is 0 Å². The van der Waals surface area contributed by atoms with Gasteiger partial charge < -0.3 is 4.79 Å². The van der Waals surface area contributed by atoms with Gasteiger partial charge in [-0.2, -0.15) is 0 Å². The molecule has 8 heavy (non-hydrogen) atoms. The summed E-state index contributed by atoms with van der Waals surface area (Å²) in [6.07, 6.45) is 0.722. The average Bonchev–Trinajstić information content (AvgIpc) is 1.84. The Labute approximate surface area is 48.2 Å². The molecule has 1 unspecified atom stereocenters. The number of carbonyl (C=O) groups is 1. The van der Waals surface area contributed by atoms with Crippen LogP contribution in [0.2, 0.25) is 0 Å². The second-order valence-corrected chi connectivity index (χ2v) is 1.71. The topological polar surface area (TPSA) is 34.1 Å². The van der Waals surface area contributed by atoms with Crippen LogP contribution >= 0.6 is 0 Å². The van der Waals surface area contributed by atoms with Crippen LogP contribution in [-0.4, -0.2) is 12.2 Å². The molecule has 0 aromatic rings. The summed E-state index contributed by atoms with van der Waals surface area (Å²) in [5, 5.41) is 0. The number of rotatable bonds is 2. The van der Waals surface area contributed by atoms with Gasteiger partial charge in [-0.3, -0.25) is 0 Å². The molecule has 0 aromatic carbocycles. The van der Waals surface area contributed by atoms with Crippen molar-refractivity contribution in [3.05, 3.63) is 5.57 Å². The molecule has 0 aliphatic heterocycles. The van der Waals surface area contributed by atoms with Crippen molar-refractivity contribution in [3.63, 3.8) is 0 Å². The molecular formula is C6H8O2. The van der Waals surface area contributed by atoms with Crippen molar-refractivity contribution in [2.24, 2.45) is 5.92 Å². The van der Waals surface area contributed by atoms with E-state index in [1.165, 1.54) is 0 Å². The van der Waals surface area contributed by atoms with E-state index in [9.17, 15) is 9.59 Å². The molecule has 0 aliphatic carbocycles. The van der Waals surface area contributed by atoms with Gasteiger partial charge in [-0.25, -0.2) is 4.79 Å². The van der Waals surface area contributed by atoms with Gasteiger partial charge in [0.05, 0.1) is 0 Å². The molecule has 0 aromatic heterocycles. The molecule has 1 atom stereocenters. The number of allylic oxidation sites excluding steroid dienone is 1. The Bertz CT molecular complexity index is 131. The van der Waals surface area contributed by atoms with Crippen molar-refractivity contribution in [2.45, 2.75) is 13.8 Å². The van der Waals surface area contributed by atoms with Crippen molar-refractivity contribution in [2.75, 3.05) is 0 Å². The first kappa shape index (κ1) is 7.12. The van der Waals surface area contributed by atoms with Crippen LogP contribution in [0.15, 0.2) is 5.57 Å². The fraction of sp³-hybridized carbons (Fsp3) is 0.500. The standard InChI is InChI=1S/C6H8O2/c1-5(3-7)6(2)4-8/h3,5H,1-2H3. The molecule has 0 N–H and O–H groups in total. The Morgan fingerprint density at radius 1 is 1.75 bits per heavy atom. The van der Waals surface area contributed by atoms with Crippen molar-refractivity contribution < 1.29 is 9.59 Å². The normalized spacial score (nSPS) is 11.8. The van der Waals surface area contributed by atoms with Gasteiger partial charge in [0.2, 0.25) is 0 Å². The predicted octanol–water partition coefficient (Wildman–Crippen LogP) is 0.599. The molecule has 0 radical (unpaired) electrons. The monoisotopic (exact) mass is 112 g/mol. The molecule has 0 aliphatic rings. The van der Waals surface area contributed by atoms with Gasteiger partial charge >= 0.3 is 0 Å². The van der Waals surface area contributed by atoms with Crippen molar-refractivity contribution >= 4 is 12.2 Å². The minimum Gasteiger partial charge on any atom is -0.303 e. The van der Waals surface area contributed by atoms with E-state index in [0.29, 0.717) is 5.57 Å². The third-order valence-electron chi connectivity index (χ3n) is 1.05. The van der Waals surface area contributed by atoms with Gasteiger partial charge in [0.1, 0.15) is 12.2 Å². The maximum Gasteiger partial charge on any atom is 0.127 e. The molecule has 2 heteroatoms. The van der Waals surface area contributed by atoms with Crippen LogP contribution in [0.25, 0.3) is 0 Å². The quantitative estimate of drug-likeness (QED) is 0.387. The van der Waals surface area contributed by atoms with Gasteiger partial charge in [-0.05, 0) is 6.92 Å². The lowest BCUT2D eigenvalue weighted by molar-refractivity contribution is -0.109. The number of carbonyl (C=O) groups excluding carboxylic acids is 2. The zero-order chi connectivity index (χ0) is 6.57. The lowest BCUT2D eigenvalue weighted by Crippen LogP contribution is -1.96. The molecule has 0 spiro atoms. The van der Waals surface area contributed by atoms with Crippen LogP contribution in [0.1, 0.15) is 13.8 Å². The molecule has 0 heterocycles. The first-order chi connectivity index (χ1) is 3.72. The maximum absolute atomic E-state index is 9.91. The van der Waals surface area contributed by atoms with E-state index < -0.39 is 0 Å². The SMILES string of the molecule is CC(=C=O)C(C)C=O. The molecule has 0 rings (SSSR count). The highest BCUT2D eigenvalue weighted by molar-refractivity contribution is 5.66. The van der Waals surface area contributed by atoms with Crippen LogP contribution in [0.5, 0.6) is 0 Å². The third-order valence-corrected chi connectivity index (χ3v) is 1.05. The third kappa shape index (κ3) is 1.71. The minimum atomic E-state index is -0.271. The zero-order valence-corrected chi connectivity index (χ0v) is 4.97. The maximum atomic E-state index is 9.91. The van der Waals surface area contributed by atoms with Crippen molar-refractivity contribution in [3.8, 4) is 0 Å². The fourth-order valence-electron chi connectivity index (χ4n) is 0.195. The van der Waals surface area contributed by atoms with Gasteiger partial charge in [0.15, 0.2) is 0 Å². The number of hydrogen-bond donors (Lipinski definition) is 0. The lowest BCUT2D eigenvalue weighted by Gasteiger charge is -1.93. The lowest BCUT2D eigenvalue weighted by atomic mass is 10.1. The zero-order valence-electron chi connectivity index (χ0n) is 4.97. The second-order valence-electron chi connectivity index (χ2n) is 1.71. The van der Waals surface area contributed by atoms with Crippen LogP contribution in [0.4, 0.5) is 0 Å². The highest BCUT2D eigenvalue weighted by Gasteiger charge is 2.00. The summed E-state index contributed by atoms with van der Waals surface area (Å²) in [7, 11) is 0. The van der Waals surface area contributed by atoms with E-state index in [1.54, 1.807) is 19.8 Å². The van der Waals surface area contributed by atoms with E-state index >= 15 is 0 Å². The van der Waals surface area contributed by atoms with Crippen LogP contribution < -0.4 is 0 Å². The van der Waals surface area contributed by atoms with Crippen molar-refractivity contribution in [1.82, 2.24) is 0 Å². The van der Waals surface area contributed by atoms with Gasteiger partial charge in [0.25, 0.3) is 0 Å². The first-order valence-electron chi connectivity index (χ1n) is 2.39. The van der Waals surface area contributed by atoms with E-state index in [4.69, 9.17) is 0 Å². The predicted molar refractivity (Wildman–Crippen MR) is 30.1 cm³/mol. The summed E-state index contributed by atoms with van der Waals surface area (Å²) < 4.78 is 0. The Morgan fingerprint density at radius 3 is 2.38 bits per heavy atom. The first-order valence-corrected chi connectivity index (χ1v) is 2.39. The molecule has 0 bridgehead atoms. The Balaban J connectivity index is 4.01. The largest absolute Gasteiger partial charge is 0.303 e. The second kappa shape index (κ2) is 3.16.